The second-order valence-corrected chi connectivity index (χ2v) is 5.50. The number of carbonyl (C=O) groups is 2. The van der Waals surface area contributed by atoms with E-state index in [2.05, 4.69) is 16.0 Å². The molecule has 0 aliphatic rings. The van der Waals surface area contributed by atoms with Gasteiger partial charge in [0, 0.05) is 31.8 Å². The summed E-state index contributed by atoms with van der Waals surface area (Å²) >= 11 is 0. The predicted molar refractivity (Wildman–Crippen MR) is 97.5 cm³/mol. The molecule has 0 heterocycles. The van der Waals surface area contributed by atoms with Crippen molar-refractivity contribution in [3.8, 4) is 5.75 Å². The van der Waals surface area contributed by atoms with Gasteiger partial charge >= 0.3 is 0 Å². The third-order valence-corrected chi connectivity index (χ3v) is 3.58. The highest BCUT2D eigenvalue weighted by molar-refractivity contribution is 5.95. The summed E-state index contributed by atoms with van der Waals surface area (Å²) in [6, 6.07) is 16.1. The first-order valence-electron chi connectivity index (χ1n) is 8.08. The van der Waals surface area contributed by atoms with Gasteiger partial charge in [-0.05, 0) is 17.7 Å². The van der Waals surface area contributed by atoms with Gasteiger partial charge in [0.1, 0.15) is 11.8 Å². The molecule has 0 aliphatic carbocycles. The largest absolute Gasteiger partial charge is 0.497 e. The van der Waals surface area contributed by atoms with Crippen LogP contribution in [0.3, 0.4) is 0 Å². The Bertz CT molecular complexity index is 704. The molecule has 0 bridgehead atoms. The van der Waals surface area contributed by atoms with Crippen molar-refractivity contribution in [1.82, 2.24) is 10.6 Å². The summed E-state index contributed by atoms with van der Waals surface area (Å²) in [5, 5.41) is 8.78. The van der Waals surface area contributed by atoms with Crippen LogP contribution in [-0.4, -0.2) is 32.0 Å². The van der Waals surface area contributed by atoms with Crippen molar-refractivity contribution in [2.24, 2.45) is 0 Å². The first-order chi connectivity index (χ1) is 12.1. The molecule has 0 fully saturated rings. The Morgan fingerprint density at radius 2 is 1.80 bits per heavy atom. The van der Waals surface area contributed by atoms with E-state index in [-0.39, 0.29) is 11.8 Å². The summed E-state index contributed by atoms with van der Waals surface area (Å²) in [7, 11) is 1.58. The number of hydrogen-bond donors (Lipinski definition) is 3. The molecule has 2 aromatic rings. The summed E-state index contributed by atoms with van der Waals surface area (Å²) in [5.41, 5.74) is 1.51. The van der Waals surface area contributed by atoms with Gasteiger partial charge in [-0.1, -0.05) is 36.4 Å². The number of methoxy groups -OCH3 is 1. The molecule has 0 saturated heterocycles. The van der Waals surface area contributed by atoms with Gasteiger partial charge in [-0.3, -0.25) is 9.59 Å². The normalized spacial score (nSPS) is 11.4. The van der Waals surface area contributed by atoms with E-state index in [1.807, 2.05) is 42.5 Å². The molecule has 1 atom stereocenters. The molecule has 6 heteroatoms. The van der Waals surface area contributed by atoms with Crippen molar-refractivity contribution in [3.63, 3.8) is 0 Å². The van der Waals surface area contributed by atoms with Crippen molar-refractivity contribution in [3.05, 3.63) is 60.2 Å². The molecule has 0 saturated carbocycles. The Hall–Kier alpha value is -2.86. The Morgan fingerprint density at radius 3 is 2.48 bits per heavy atom. The average molecular weight is 341 g/mol. The van der Waals surface area contributed by atoms with E-state index in [1.165, 1.54) is 6.92 Å². The van der Waals surface area contributed by atoms with Gasteiger partial charge in [0.2, 0.25) is 11.8 Å². The van der Waals surface area contributed by atoms with Gasteiger partial charge < -0.3 is 20.7 Å². The molecule has 6 nitrogen and oxygen atoms in total. The molecular weight excluding hydrogens is 318 g/mol. The lowest BCUT2D eigenvalue weighted by Crippen LogP contribution is -2.37. The van der Waals surface area contributed by atoms with Crippen molar-refractivity contribution < 1.29 is 14.3 Å². The third kappa shape index (κ3) is 5.93. The van der Waals surface area contributed by atoms with Crippen LogP contribution in [0.2, 0.25) is 0 Å². The fourth-order valence-corrected chi connectivity index (χ4v) is 2.38. The topological polar surface area (TPSA) is 79.5 Å². The number of ether oxygens (including phenoxy) is 1. The van der Waals surface area contributed by atoms with E-state index >= 15 is 0 Å². The molecule has 2 rings (SSSR count). The molecule has 25 heavy (non-hydrogen) atoms. The predicted octanol–water partition coefficient (Wildman–Crippen LogP) is 2.10. The number of carbonyl (C=O) groups excluding carboxylic acids is 2. The molecule has 2 amide bonds. The molecule has 132 valence electrons. The van der Waals surface area contributed by atoms with E-state index in [4.69, 9.17) is 4.74 Å². The van der Waals surface area contributed by atoms with Crippen LogP contribution >= 0.6 is 0 Å². The number of benzene rings is 2. The van der Waals surface area contributed by atoms with E-state index in [0.717, 1.165) is 5.56 Å². The van der Waals surface area contributed by atoms with Gasteiger partial charge in [0.05, 0.1) is 7.11 Å². The molecule has 0 unspecified atom stereocenters. The van der Waals surface area contributed by atoms with Crippen LogP contribution in [0, 0.1) is 0 Å². The maximum atomic E-state index is 12.7. The van der Waals surface area contributed by atoms with Gasteiger partial charge in [-0.25, -0.2) is 0 Å². The van der Waals surface area contributed by atoms with Crippen molar-refractivity contribution in [1.29, 1.82) is 0 Å². The van der Waals surface area contributed by atoms with Crippen LogP contribution in [0.15, 0.2) is 54.6 Å². The van der Waals surface area contributed by atoms with Crippen molar-refractivity contribution in [2.45, 2.75) is 13.0 Å². The second-order valence-electron chi connectivity index (χ2n) is 5.50. The monoisotopic (exact) mass is 341 g/mol. The zero-order valence-electron chi connectivity index (χ0n) is 14.4. The van der Waals surface area contributed by atoms with E-state index in [0.29, 0.717) is 24.5 Å². The SMILES string of the molecule is COc1cccc(NC(=O)[C@@H](NCCNC(C)=O)c2ccccc2)c1. The maximum absolute atomic E-state index is 12.7. The summed E-state index contributed by atoms with van der Waals surface area (Å²) in [5.74, 6) is 0.397. The molecule has 0 radical (unpaired) electrons. The van der Waals surface area contributed by atoms with Crippen LogP contribution < -0.4 is 20.7 Å². The fraction of sp³-hybridized carbons (Fsp3) is 0.263. The molecular formula is C19H23N3O3. The Labute approximate surface area is 147 Å². The number of amides is 2. The number of anilines is 1. The second kappa shape index (κ2) is 9.44. The number of hydrogen-bond acceptors (Lipinski definition) is 4. The van der Waals surface area contributed by atoms with Crippen LogP contribution in [-0.2, 0) is 9.59 Å². The summed E-state index contributed by atoms with van der Waals surface area (Å²) < 4.78 is 5.18. The molecule has 3 N–H and O–H groups in total. The highest BCUT2D eigenvalue weighted by Gasteiger charge is 2.20. The zero-order valence-corrected chi connectivity index (χ0v) is 14.4. The molecule has 0 spiro atoms. The Balaban J connectivity index is 2.07. The lowest BCUT2D eigenvalue weighted by Gasteiger charge is -2.19. The summed E-state index contributed by atoms with van der Waals surface area (Å²) in [6.07, 6.45) is 0. The number of nitrogens with one attached hydrogen (secondary N) is 3. The highest BCUT2D eigenvalue weighted by Crippen LogP contribution is 2.19. The van der Waals surface area contributed by atoms with Gasteiger partial charge in [0.15, 0.2) is 0 Å². The van der Waals surface area contributed by atoms with Gasteiger partial charge in [-0.2, -0.15) is 0 Å². The Kier molecular flexibility index (Phi) is 6.98. The fourth-order valence-electron chi connectivity index (χ4n) is 2.38. The third-order valence-electron chi connectivity index (χ3n) is 3.58. The highest BCUT2D eigenvalue weighted by atomic mass is 16.5. The zero-order chi connectivity index (χ0) is 18.1. The summed E-state index contributed by atoms with van der Waals surface area (Å²) in [6.45, 7) is 2.39. The molecule has 2 aromatic carbocycles. The smallest absolute Gasteiger partial charge is 0.246 e. The van der Waals surface area contributed by atoms with Gasteiger partial charge in [0.25, 0.3) is 0 Å². The lowest BCUT2D eigenvalue weighted by molar-refractivity contribution is -0.119. The quantitative estimate of drug-likeness (QED) is 0.643. The first-order valence-corrected chi connectivity index (χ1v) is 8.08. The average Bonchev–Trinajstić information content (AvgIpc) is 2.62. The Morgan fingerprint density at radius 1 is 1.04 bits per heavy atom. The number of rotatable bonds is 8. The van der Waals surface area contributed by atoms with E-state index < -0.39 is 6.04 Å². The maximum Gasteiger partial charge on any atom is 0.246 e. The van der Waals surface area contributed by atoms with Crippen LogP contribution in [0.5, 0.6) is 5.75 Å². The van der Waals surface area contributed by atoms with E-state index in [1.54, 1.807) is 19.2 Å². The minimum absolute atomic E-state index is 0.0982. The van der Waals surface area contributed by atoms with Crippen LogP contribution in [0.25, 0.3) is 0 Å². The van der Waals surface area contributed by atoms with E-state index in [9.17, 15) is 9.59 Å². The summed E-state index contributed by atoms with van der Waals surface area (Å²) in [4.78, 5) is 23.7. The van der Waals surface area contributed by atoms with Gasteiger partial charge in [-0.15, -0.1) is 0 Å². The lowest BCUT2D eigenvalue weighted by atomic mass is 10.1. The molecule has 0 aromatic heterocycles. The first kappa shape index (κ1) is 18.5. The standard InChI is InChI=1S/C19H23N3O3/c1-14(23)20-11-12-21-18(15-7-4-3-5-8-15)19(24)22-16-9-6-10-17(13-16)25-2/h3-10,13,18,21H,11-12H2,1-2H3,(H,20,23)(H,22,24)/t18-/m0/s1. The van der Waals surface area contributed by atoms with Crippen molar-refractivity contribution in [2.75, 3.05) is 25.5 Å². The molecule has 0 aliphatic heterocycles. The van der Waals surface area contributed by atoms with Crippen molar-refractivity contribution >= 4 is 17.5 Å². The minimum Gasteiger partial charge on any atom is -0.497 e. The van der Waals surface area contributed by atoms with Crippen LogP contribution in [0.1, 0.15) is 18.5 Å². The van der Waals surface area contributed by atoms with Crippen LogP contribution in [0.4, 0.5) is 5.69 Å². The minimum atomic E-state index is -0.527.